The molecule has 72 valence electrons. The minimum atomic E-state index is 0.739. The molecule has 0 aliphatic heterocycles. The minimum Gasteiger partial charge on any atom is -0.334 e. The zero-order valence-electron chi connectivity index (χ0n) is 8.00. The van der Waals surface area contributed by atoms with Gasteiger partial charge in [0.15, 0.2) is 0 Å². The number of aromatic nitrogens is 2. The average molecular weight is 251 g/mol. The van der Waals surface area contributed by atoms with Crippen molar-refractivity contribution >= 4 is 27.0 Å². The highest BCUT2D eigenvalue weighted by Gasteiger charge is 2.28. The summed E-state index contributed by atoms with van der Waals surface area (Å²) in [6.07, 6.45) is 4.52. The smallest absolute Gasteiger partial charge is 0.0955 e. The zero-order valence-corrected chi connectivity index (χ0v) is 9.58. The molecule has 0 N–H and O–H groups in total. The second-order valence-electron chi connectivity index (χ2n) is 3.96. The lowest BCUT2D eigenvalue weighted by atomic mass is 10.1. The summed E-state index contributed by atoms with van der Waals surface area (Å²) in [5, 5.41) is 0. The second-order valence-corrected chi connectivity index (χ2v) is 4.81. The van der Waals surface area contributed by atoms with Crippen LogP contribution >= 0.6 is 15.9 Å². The Morgan fingerprint density at radius 3 is 2.93 bits per heavy atom. The summed E-state index contributed by atoms with van der Waals surface area (Å²) >= 11 is 3.62. The molecule has 1 fully saturated rings. The van der Waals surface area contributed by atoms with Gasteiger partial charge in [0.25, 0.3) is 0 Å². The summed E-state index contributed by atoms with van der Waals surface area (Å²) < 4.78 is 3.29. The Morgan fingerprint density at radius 2 is 2.21 bits per heavy atom. The summed E-state index contributed by atoms with van der Waals surface area (Å²) in [6, 6.07) is 4.26. The predicted octanol–water partition coefficient (Wildman–Crippen LogP) is 3.21. The van der Waals surface area contributed by atoms with Crippen molar-refractivity contribution in [3.05, 3.63) is 28.5 Å². The van der Waals surface area contributed by atoms with Crippen LogP contribution in [0.2, 0.25) is 0 Å². The first-order valence-corrected chi connectivity index (χ1v) is 5.66. The van der Waals surface area contributed by atoms with E-state index in [0.717, 1.165) is 5.92 Å². The third kappa shape index (κ3) is 1.12. The van der Waals surface area contributed by atoms with Gasteiger partial charge in [-0.15, -0.1) is 0 Å². The molecular formula is C11H11BrN2. The molecule has 2 aromatic rings. The van der Waals surface area contributed by atoms with E-state index in [2.05, 4.69) is 37.6 Å². The maximum absolute atomic E-state index is 4.47. The topological polar surface area (TPSA) is 17.8 Å². The van der Waals surface area contributed by atoms with E-state index in [9.17, 15) is 0 Å². The molecule has 1 aromatic heterocycles. The molecule has 3 heteroatoms. The fourth-order valence-corrected chi connectivity index (χ4v) is 2.60. The number of fused-ring (bicyclic) bond motifs is 1. The van der Waals surface area contributed by atoms with Gasteiger partial charge in [0.1, 0.15) is 0 Å². The molecule has 0 atom stereocenters. The van der Waals surface area contributed by atoms with Gasteiger partial charge in [-0.3, -0.25) is 0 Å². The molecular weight excluding hydrogens is 240 g/mol. The predicted molar refractivity (Wildman–Crippen MR) is 60.4 cm³/mol. The highest BCUT2D eigenvalue weighted by molar-refractivity contribution is 9.10. The molecule has 0 bridgehead atoms. The first-order valence-electron chi connectivity index (χ1n) is 4.87. The molecule has 1 aliphatic rings. The lowest BCUT2D eigenvalue weighted by Gasteiger charge is -2.03. The molecule has 1 saturated carbocycles. The molecule has 2 nitrogen and oxygen atoms in total. The van der Waals surface area contributed by atoms with Crippen LogP contribution in [-0.4, -0.2) is 9.55 Å². The van der Waals surface area contributed by atoms with Crippen molar-refractivity contribution in [1.29, 1.82) is 0 Å². The van der Waals surface area contributed by atoms with E-state index in [1.165, 1.54) is 33.9 Å². The Bertz CT molecular complexity index is 497. The summed E-state index contributed by atoms with van der Waals surface area (Å²) in [7, 11) is 2.04. The van der Waals surface area contributed by atoms with Crippen LogP contribution in [0.5, 0.6) is 0 Å². The van der Waals surface area contributed by atoms with E-state index in [4.69, 9.17) is 0 Å². The summed E-state index contributed by atoms with van der Waals surface area (Å²) in [6.45, 7) is 0. The van der Waals surface area contributed by atoms with Crippen LogP contribution in [0.4, 0.5) is 0 Å². The monoisotopic (exact) mass is 250 g/mol. The van der Waals surface area contributed by atoms with Crippen molar-refractivity contribution < 1.29 is 0 Å². The van der Waals surface area contributed by atoms with E-state index >= 15 is 0 Å². The van der Waals surface area contributed by atoms with Gasteiger partial charge in [0.2, 0.25) is 0 Å². The first kappa shape index (κ1) is 8.48. The maximum atomic E-state index is 4.47. The number of imidazole rings is 1. The fourth-order valence-electron chi connectivity index (χ4n) is 1.96. The molecule has 0 unspecified atom stereocenters. The molecule has 1 aliphatic carbocycles. The van der Waals surface area contributed by atoms with Gasteiger partial charge in [0.05, 0.1) is 17.4 Å². The molecule has 1 heterocycles. The van der Waals surface area contributed by atoms with Gasteiger partial charge in [-0.25, -0.2) is 4.98 Å². The van der Waals surface area contributed by atoms with Gasteiger partial charge in [-0.1, -0.05) is 15.9 Å². The lowest BCUT2D eigenvalue weighted by molar-refractivity contribution is 0.947. The Balaban J connectivity index is 2.37. The largest absolute Gasteiger partial charge is 0.334 e. The lowest BCUT2D eigenvalue weighted by Crippen LogP contribution is -1.87. The van der Waals surface area contributed by atoms with Crippen LogP contribution < -0.4 is 0 Å². The third-order valence-corrected chi connectivity index (χ3v) is 3.56. The molecule has 0 radical (unpaired) electrons. The van der Waals surface area contributed by atoms with Gasteiger partial charge in [-0.2, -0.15) is 0 Å². The Labute approximate surface area is 91.1 Å². The highest BCUT2D eigenvalue weighted by Crippen LogP contribution is 2.45. The Morgan fingerprint density at radius 1 is 1.43 bits per heavy atom. The van der Waals surface area contributed by atoms with Gasteiger partial charge < -0.3 is 4.57 Å². The normalized spacial score (nSPS) is 16.4. The van der Waals surface area contributed by atoms with E-state index in [0.29, 0.717) is 0 Å². The number of halogens is 1. The molecule has 0 amide bonds. The number of hydrogen-bond acceptors (Lipinski definition) is 1. The van der Waals surface area contributed by atoms with E-state index in [1.54, 1.807) is 0 Å². The van der Waals surface area contributed by atoms with Gasteiger partial charge >= 0.3 is 0 Å². The first-order chi connectivity index (χ1) is 6.77. The van der Waals surface area contributed by atoms with Crippen LogP contribution in [0, 0.1) is 0 Å². The van der Waals surface area contributed by atoms with Gasteiger partial charge in [0, 0.05) is 11.5 Å². The standard InChI is InChI=1S/C11H11BrN2/c1-14-6-13-11-9(14)5-4-8(12)10(11)7-2-3-7/h4-7H,2-3H2,1H3. The molecule has 14 heavy (non-hydrogen) atoms. The molecule has 1 aromatic carbocycles. The molecule has 0 saturated heterocycles. The van der Waals surface area contributed by atoms with Crippen LogP contribution in [0.25, 0.3) is 11.0 Å². The number of rotatable bonds is 1. The number of hydrogen-bond donors (Lipinski definition) is 0. The maximum Gasteiger partial charge on any atom is 0.0955 e. The van der Waals surface area contributed by atoms with Crippen molar-refractivity contribution in [3.63, 3.8) is 0 Å². The van der Waals surface area contributed by atoms with Gasteiger partial charge in [-0.05, 0) is 36.5 Å². The zero-order chi connectivity index (χ0) is 9.71. The summed E-state index contributed by atoms with van der Waals surface area (Å²) in [5.74, 6) is 0.739. The van der Waals surface area contributed by atoms with E-state index < -0.39 is 0 Å². The Kier molecular flexibility index (Phi) is 1.71. The minimum absolute atomic E-state index is 0.739. The van der Waals surface area contributed by atoms with Crippen LogP contribution in [0.1, 0.15) is 24.3 Å². The fraction of sp³-hybridized carbons (Fsp3) is 0.364. The number of nitrogens with zero attached hydrogens (tertiary/aromatic N) is 2. The highest BCUT2D eigenvalue weighted by atomic mass is 79.9. The van der Waals surface area contributed by atoms with Crippen LogP contribution in [0.15, 0.2) is 22.9 Å². The third-order valence-electron chi connectivity index (χ3n) is 2.87. The SMILES string of the molecule is Cn1cnc2c(C3CC3)c(Br)ccc21. The van der Waals surface area contributed by atoms with Crippen LogP contribution in [0.3, 0.4) is 0 Å². The number of aryl methyl sites for hydroxylation is 1. The summed E-state index contributed by atoms with van der Waals surface area (Å²) in [4.78, 5) is 4.47. The van der Waals surface area contributed by atoms with Crippen molar-refractivity contribution in [2.45, 2.75) is 18.8 Å². The van der Waals surface area contributed by atoms with E-state index in [1.807, 2.05) is 13.4 Å². The van der Waals surface area contributed by atoms with Crippen molar-refractivity contribution in [2.24, 2.45) is 7.05 Å². The summed E-state index contributed by atoms with van der Waals surface area (Å²) in [5.41, 5.74) is 3.81. The molecule has 3 rings (SSSR count). The van der Waals surface area contributed by atoms with Crippen molar-refractivity contribution in [1.82, 2.24) is 9.55 Å². The van der Waals surface area contributed by atoms with Crippen molar-refractivity contribution in [2.75, 3.05) is 0 Å². The number of benzene rings is 1. The quantitative estimate of drug-likeness (QED) is 0.760. The van der Waals surface area contributed by atoms with Crippen molar-refractivity contribution in [3.8, 4) is 0 Å². The van der Waals surface area contributed by atoms with Crippen LogP contribution in [-0.2, 0) is 7.05 Å². The second kappa shape index (κ2) is 2.83. The van der Waals surface area contributed by atoms with E-state index in [-0.39, 0.29) is 0 Å². The average Bonchev–Trinajstić information content (AvgIpc) is 2.92. The molecule has 0 spiro atoms. The Hall–Kier alpha value is -0.830.